The molecule has 1 amide bonds. The lowest BCUT2D eigenvalue weighted by Crippen LogP contribution is -2.45. The van der Waals surface area contributed by atoms with Crippen LogP contribution < -0.4 is 10.1 Å². The highest BCUT2D eigenvalue weighted by Crippen LogP contribution is 2.41. The van der Waals surface area contributed by atoms with E-state index in [-0.39, 0.29) is 40.6 Å². The number of nitrogens with one attached hydrogen (secondary N) is 1. The van der Waals surface area contributed by atoms with Gasteiger partial charge in [-0.2, -0.15) is 27.1 Å². The van der Waals surface area contributed by atoms with Crippen molar-refractivity contribution in [2.24, 2.45) is 5.92 Å². The molecule has 3 rings (SSSR count). The predicted octanol–water partition coefficient (Wildman–Crippen LogP) is 6.05. The van der Waals surface area contributed by atoms with E-state index in [0.29, 0.717) is 18.8 Å². The van der Waals surface area contributed by atoms with Gasteiger partial charge in [-0.3, -0.25) is 9.48 Å². The average Bonchev–Trinajstić information content (AvgIpc) is 3.19. The van der Waals surface area contributed by atoms with E-state index < -0.39 is 48.5 Å². The van der Waals surface area contributed by atoms with Crippen LogP contribution in [-0.4, -0.2) is 50.8 Å². The first kappa shape index (κ1) is 31.1. The monoisotopic (exact) mass is 581 g/mol. The Labute approximate surface area is 228 Å². The molecule has 0 spiro atoms. The summed E-state index contributed by atoms with van der Waals surface area (Å²) in [5.74, 6) is -0.630. The van der Waals surface area contributed by atoms with Crippen LogP contribution in [0.5, 0.6) is 5.75 Å². The summed E-state index contributed by atoms with van der Waals surface area (Å²) in [5, 5.41) is 28.2. The van der Waals surface area contributed by atoms with Crippen LogP contribution in [0.1, 0.15) is 75.3 Å². The van der Waals surface area contributed by atoms with Gasteiger partial charge in [-0.25, -0.2) is 0 Å². The maximum atomic E-state index is 13.3. The standard InChI is InChI=1S/C26H33ClF5N3O4/c1-4-35-21(19(27)20(34-35)22(36)33-14-25(38)9-7-15(2)8-10-25)17-6-5-16(13-18(17)39-23(28)29)24(3,37)11-12-26(30,31)32/h5-6,13,15,23,37-38H,4,7-12,14H2,1-3H3,(H,33,36)/t15?,24-,25?/m1/s1. The molecule has 2 aromatic rings. The zero-order chi connectivity index (χ0) is 29.2. The normalized spacial score (nSPS) is 21.6. The van der Waals surface area contributed by atoms with Gasteiger partial charge in [-0.1, -0.05) is 24.6 Å². The van der Waals surface area contributed by atoms with E-state index in [2.05, 4.69) is 22.1 Å². The molecular weight excluding hydrogens is 549 g/mol. The van der Waals surface area contributed by atoms with Crippen molar-refractivity contribution in [1.82, 2.24) is 15.1 Å². The number of hydrogen-bond donors (Lipinski definition) is 3. The van der Waals surface area contributed by atoms with E-state index in [9.17, 15) is 37.0 Å². The summed E-state index contributed by atoms with van der Waals surface area (Å²) in [4.78, 5) is 13.0. The van der Waals surface area contributed by atoms with Crippen LogP contribution in [0.3, 0.4) is 0 Å². The first-order chi connectivity index (χ1) is 18.0. The number of ether oxygens (including phenoxy) is 1. The third kappa shape index (κ3) is 7.82. The van der Waals surface area contributed by atoms with E-state index >= 15 is 0 Å². The minimum absolute atomic E-state index is 0.00367. The van der Waals surface area contributed by atoms with E-state index in [4.69, 9.17) is 11.6 Å². The Balaban J connectivity index is 1.93. The quantitative estimate of drug-likeness (QED) is 0.297. The van der Waals surface area contributed by atoms with Crippen molar-refractivity contribution in [2.75, 3.05) is 6.54 Å². The summed E-state index contributed by atoms with van der Waals surface area (Å²) < 4.78 is 70.8. The lowest BCUT2D eigenvalue weighted by Gasteiger charge is -2.34. The number of halogens is 6. The molecule has 7 nitrogen and oxygen atoms in total. The van der Waals surface area contributed by atoms with Crippen molar-refractivity contribution < 1.29 is 41.7 Å². The maximum Gasteiger partial charge on any atom is 0.389 e. The largest absolute Gasteiger partial charge is 0.434 e. The Bertz CT molecular complexity index is 1160. The fourth-order valence-corrected chi connectivity index (χ4v) is 4.97. The van der Waals surface area contributed by atoms with Crippen LogP contribution in [0, 0.1) is 5.92 Å². The van der Waals surface area contributed by atoms with Gasteiger partial charge in [0.1, 0.15) is 5.75 Å². The average molecular weight is 582 g/mol. The second kappa shape index (κ2) is 12.0. The van der Waals surface area contributed by atoms with Crippen molar-refractivity contribution in [2.45, 2.75) is 89.8 Å². The van der Waals surface area contributed by atoms with Gasteiger partial charge in [-0.15, -0.1) is 0 Å². The molecule has 1 aromatic carbocycles. The van der Waals surface area contributed by atoms with Gasteiger partial charge in [0, 0.05) is 25.1 Å². The van der Waals surface area contributed by atoms with Crippen LogP contribution >= 0.6 is 11.6 Å². The molecule has 13 heteroatoms. The number of rotatable bonds is 10. The highest BCUT2D eigenvalue weighted by molar-refractivity contribution is 6.36. The Morgan fingerprint density at radius 2 is 1.92 bits per heavy atom. The minimum Gasteiger partial charge on any atom is -0.434 e. The van der Waals surface area contributed by atoms with Gasteiger partial charge in [0.25, 0.3) is 5.91 Å². The number of alkyl halides is 5. The topological polar surface area (TPSA) is 96.6 Å². The number of amides is 1. The number of hydrogen-bond acceptors (Lipinski definition) is 5. The van der Waals surface area contributed by atoms with Crippen molar-refractivity contribution in [3.8, 4) is 17.0 Å². The van der Waals surface area contributed by atoms with Crippen molar-refractivity contribution in [3.05, 3.63) is 34.5 Å². The highest BCUT2D eigenvalue weighted by atomic mass is 35.5. The molecule has 1 aliphatic rings. The summed E-state index contributed by atoms with van der Waals surface area (Å²) in [5.41, 5.74) is -3.23. The number of aryl methyl sites for hydroxylation is 1. The zero-order valence-corrected chi connectivity index (χ0v) is 22.7. The summed E-state index contributed by atoms with van der Waals surface area (Å²) in [6.07, 6.45) is -3.79. The van der Waals surface area contributed by atoms with Gasteiger partial charge in [-0.05, 0) is 69.6 Å². The summed E-state index contributed by atoms with van der Waals surface area (Å²) in [7, 11) is 0. The maximum absolute atomic E-state index is 13.3. The van der Waals surface area contributed by atoms with Crippen molar-refractivity contribution >= 4 is 17.5 Å². The molecule has 1 heterocycles. The summed E-state index contributed by atoms with van der Waals surface area (Å²) in [6, 6.07) is 3.59. The van der Waals surface area contributed by atoms with E-state index in [1.165, 1.54) is 16.8 Å². The SMILES string of the molecule is CCn1nc(C(=O)NCC2(O)CCC(C)CC2)c(Cl)c1-c1ccc([C@](C)(O)CCC(F)(F)F)cc1OC(F)F. The van der Waals surface area contributed by atoms with Crippen LogP contribution in [0.25, 0.3) is 11.3 Å². The van der Waals surface area contributed by atoms with E-state index in [1.54, 1.807) is 6.92 Å². The van der Waals surface area contributed by atoms with Gasteiger partial charge in [0.2, 0.25) is 0 Å². The Kier molecular flexibility index (Phi) is 9.55. The molecule has 0 unspecified atom stereocenters. The van der Waals surface area contributed by atoms with Crippen molar-refractivity contribution in [1.29, 1.82) is 0 Å². The smallest absolute Gasteiger partial charge is 0.389 e. The third-order valence-electron chi connectivity index (χ3n) is 7.16. The fourth-order valence-electron chi connectivity index (χ4n) is 4.65. The minimum atomic E-state index is -4.52. The fraction of sp³-hybridized carbons (Fsp3) is 0.615. The number of benzene rings is 1. The van der Waals surface area contributed by atoms with Gasteiger partial charge >= 0.3 is 12.8 Å². The van der Waals surface area contributed by atoms with Crippen LogP contribution in [0.4, 0.5) is 22.0 Å². The third-order valence-corrected chi connectivity index (χ3v) is 7.52. The number of nitrogens with zero attached hydrogens (tertiary/aromatic N) is 2. The summed E-state index contributed by atoms with van der Waals surface area (Å²) in [6.45, 7) is 1.81. The van der Waals surface area contributed by atoms with E-state index in [0.717, 1.165) is 25.8 Å². The molecule has 3 N–H and O–H groups in total. The van der Waals surface area contributed by atoms with Crippen LogP contribution in [0.15, 0.2) is 18.2 Å². The number of carbonyl (C=O) groups is 1. The second-order valence-electron chi connectivity index (χ2n) is 10.4. The molecule has 1 aromatic heterocycles. The lowest BCUT2D eigenvalue weighted by molar-refractivity contribution is -0.146. The molecule has 0 bridgehead atoms. The molecule has 1 aliphatic carbocycles. The van der Waals surface area contributed by atoms with Crippen LogP contribution in [-0.2, 0) is 12.1 Å². The molecule has 0 saturated heterocycles. The summed E-state index contributed by atoms with van der Waals surface area (Å²) >= 11 is 6.53. The number of aliphatic hydroxyl groups is 2. The molecule has 0 aliphatic heterocycles. The zero-order valence-electron chi connectivity index (χ0n) is 21.9. The molecule has 1 atom stereocenters. The molecule has 1 saturated carbocycles. The van der Waals surface area contributed by atoms with E-state index in [1.807, 2.05) is 0 Å². The number of aromatic nitrogens is 2. The molecular formula is C26H33ClF5N3O4. The van der Waals surface area contributed by atoms with Crippen molar-refractivity contribution in [3.63, 3.8) is 0 Å². The highest BCUT2D eigenvalue weighted by Gasteiger charge is 2.35. The second-order valence-corrected chi connectivity index (χ2v) is 10.8. The van der Waals surface area contributed by atoms with Crippen LogP contribution in [0.2, 0.25) is 5.02 Å². The molecule has 39 heavy (non-hydrogen) atoms. The lowest BCUT2D eigenvalue weighted by atomic mass is 9.79. The first-order valence-electron chi connectivity index (χ1n) is 12.7. The van der Waals surface area contributed by atoms with Gasteiger partial charge < -0.3 is 20.3 Å². The Hall–Kier alpha value is -2.44. The van der Waals surface area contributed by atoms with Gasteiger partial charge in [0.05, 0.1) is 21.9 Å². The predicted molar refractivity (Wildman–Crippen MR) is 135 cm³/mol. The molecule has 1 fully saturated rings. The van der Waals surface area contributed by atoms with Gasteiger partial charge in [0.15, 0.2) is 5.69 Å². The Morgan fingerprint density at radius 3 is 2.49 bits per heavy atom. The Morgan fingerprint density at radius 1 is 1.28 bits per heavy atom. The molecule has 0 radical (unpaired) electrons. The number of carbonyl (C=O) groups excluding carboxylic acids is 1. The molecule has 218 valence electrons. The first-order valence-corrected chi connectivity index (χ1v) is 13.1.